The van der Waals surface area contributed by atoms with E-state index in [0.717, 1.165) is 0 Å². The van der Waals surface area contributed by atoms with Crippen LogP contribution in [-0.2, 0) is 14.8 Å². The largest absolute Gasteiger partial charge is 0.398 e. The molecular weight excluding hydrogens is 311 g/mol. The van der Waals surface area contributed by atoms with Crippen molar-refractivity contribution in [1.82, 2.24) is 4.72 Å². The summed E-state index contributed by atoms with van der Waals surface area (Å²) < 4.78 is 32.0. The van der Waals surface area contributed by atoms with E-state index in [4.69, 9.17) is 33.7 Å². The quantitative estimate of drug-likeness (QED) is 0.786. The Kier molecular flexibility index (Phi) is 5.88. The second-order valence-electron chi connectivity index (χ2n) is 3.99. The summed E-state index contributed by atoms with van der Waals surface area (Å²) in [6.45, 7) is 4.29. The Balaban J connectivity index is 3.01. The van der Waals surface area contributed by atoms with E-state index in [1.165, 1.54) is 12.1 Å². The fraction of sp³-hybridized carbons (Fsp3) is 0.455. The molecule has 0 amide bonds. The minimum Gasteiger partial charge on any atom is -0.398 e. The number of hydrogen-bond donors (Lipinski definition) is 2. The molecule has 0 bridgehead atoms. The zero-order valence-corrected chi connectivity index (χ0v) is 12.9. The Morgan fingerprint density at radius 3 is 2.58 bits per heavy atom. The molecule has 1 aromatic carbocycles. The Hall–Kier alpha value is -0.530. The van der Waals surface area contributed by atoms with Crippen LogP contribution in [-0.4, -0.2) is 27.7 Å². The fourth-order valence-corrected chi connectivity index (χ4v) is 3.73. The first-order valence-corrected chi connectivity index (χ1v) is 7.86. The minimum absolute atomic E-state index is 0.00797. The zero-order valence-electron chi connectivity index (χ0n) is 10.6. The van der Waals surface area contributed by atoms with Crippen molar-refractivity contribution in [1.29, 1.82) is 0 Å². The van der Waals surface area contributed by atoms with Crippen molar-refractivity contribution < 1.29 is 13.2 Å². The van der Waals surface area contributed by atoms with E-state index in [1.807, 2.05) is 6.92 Å². The number of halogens is 2. The van der Waals surface area contributed by atoms with Gasteiger partial charge < -0.3 is 10.5 Å². The van der Waals surface area contributed by atoms with E-state index >= 15 is 0 Å². The molecule has 0 aromatic heterocycles. The van der Waals surface area contributed by atoms with Crippen LogP contribution >= 0.6 is 23.2 Å². The number of benzene rings is 1. The van der Waals surface area contributed by atoms with Crippen LogP contribution in [0.5, 0.6) is 0 Å². The molecule has 0 radical (unpaired) electrons. The molecule has 0 saturated heterocycles. The van der Waals surface area contributed by atoms with E-state index in [-0.39, 0.29) is 27.2 Å². The van der Waals surface area contributed by atoms with Crippen LogP contribution in [0.15, 0.2) is 17.0 Å². The summed E-state index contributed by atoms with van der Waals surface area (Å²) in [5.41, 5.74) is 5.67. The maximum atomic E-state index is 12.2. The Morgan fingerprint density at radius 1 is 1.42 bits per heavy atom. The number of nitrogens with two attached hydrogens (primary N) is 1. The lowest BCUT2D eigenvalue weighted by molar-refractivity contribution is 0.133. The number of ether oxygens (including phenoxy) is 1. The fourth-order valence-electron chi connectivity index (χ4n) is 1.52. The molecule has 108 valence electrons. The molecule has 1 unspecified atom stereocenters. The van der Waals surface area contributed by atoms with Crippen LogP contribution in [0.2, 0.25) is 10.0 Å². The smallest absolute Gasteiger partial charge is 0.244 e. The van der Waals surface area contributed by atoms with Gasteiger partial charge in [-0.2, -0.15) is 0 Å². The maximum absolute atomic E-state index is 12.2. The van der Waals surface area contributed by atoms with Gasteiger partial charge in [-0.3, -0.25) is 0 Å². The van der Waals surface area contributed by atoms with Gasteiger partial charge in [-0.05, 0) is 26.0 Å². The highest BCUT2D eigenvalue weighted by Gasteiger charge is 2.23. The molecule has 0 aliphatic heterocycles. The van der Waals surface area contributed by atoms with Crippen LogP contribution in [0.25, 0.3) is 0 Å². The first-order chi connectivity index (χ1) is 8.77. The van der Waals surface area contributed by atoms with Crippen molar-refractivity contribution in [2.24, 2.45) is 0 Å². The van der Waals surface area contributed by atoms with Crippen LogP contribution in [0, 0.1) is 0 Å². The standard InChI is InChI=1S/C11H16Cl2N2O3S/c1-3-18-6-7(2)15-19(16,17)11-9(13)4-8(12)5-10(11)14/h4-5,7,15H,3,6,14H2,1-2H3. The molecule has 0 spiro atoms. The summed E-state index contributed by atoms with van der Waals surface area (Å²) in [7, 11) is -3.81. The predicted molar refractivity (Wildman–Crippen MR) is 77.2 cm³/mol. The third-order valence-electron chi connectivity index (χ3n) is 2.23. The summed E-state index contributed by atoms with van der Waals surface area (Å²) >= 11 is 11.6. The second-order valence-corrected chi connectivity index (χ2v) is 6.48. The molecule has 0 heterocycles. The average Bonchev–Trinajstić information content (AvgIpc) is 2.23. The maximum Gasteiger partial charge on any atom is 0.244 e. The van der Waals surface area contributed by atoms with E-state index in [0.29, 0.717) is 6.61 Å². The third-order valence-corrected chi connectivity index (χ3v) is 4.57. The second kappa shape index (κ2) is 6.76. The first kappa shape index (κ1) is 16.5. The predicted octanol–water partition coefficient (Wildman–Crippen LogP) is 2.28. The van der Waals surface area contributed by atoms with Gasteiger partial charge in [0.2, 0.25) is 10.0 Å². The number of rotatable bonds is 6. The normalized spacial score (nSPS) is 13.5. The molecule has 1 atom stereocenters. The summed E-state index contributed by atoms with van der Waals surface area (Å²) in [6, 6.07) is 2.28. The van der Waals surface area contributed by atoms with Gasteiger partial charge in [-0.25, -0.2) is 13.1 Å². The molecule has 8 heteroatoms. The molecule has 3 N–H and O–H groups in total. The number of anilines is 1. The molecule has 0 fully saturated rings. The van der Waals surface area contributed by atoms with Crippen molar-refractivity contribution in [3.8, 4) is 0 Å². The van der Waals surface area contributed by atoms with Crippen LogP contribution in [0.4, 0.5) is 5.69 Å². The Bertz CT molecular complexity index is 526. The molecule has 0 aliphatic rings. The molecular formula is C11H16Cl2N2O3S. The average molecular weight is 327 g/mol. The minimum atomic E-state index is -3.81. The molecule has 0 saturated carbocycles. The summed E-state index contributed by atoms with van der Waals surface area (Å²) in [4.78, 5) is -0.165. The van der Waals surface area contributed by atoms with Gasteiger partial charge in [0.05, 0.1) is 17.3 Å². The van der Waals surface area contributed by atoms with Crippen LogP contribution in [0.3, 0.4) is 0 Å². The topological polar surface area (TPSA) is 81.4 Å². The highest BCUT2D eigenvalue weighted by atomic mass is 35.5. The third kappa shape index (κ3) is 4.50. The van der Waals surface area contributed by atoms with Crippen LogP contribution < -0.4 is 10.5 Å². The molecule has 5 nitrogen and oxygen atoms in total. The van der Waals surface area contributed by atoms with E-state index in [9.17, 15) is 8.42 Å². The van der Waals surface area contributed by atoms with Gasteiger partial charge in [-0.1, -0.05) is 23.2 Å². The van der Waals surface area contributed by atoms with E-state index in [2.05, 4.69) is 4.72 Å². The van der Waals surface area contributed by atoms with Crippen molar-refractivity contribution in [3.05, 3.63) is 22.2 Å². The zero-order chi connectivity index (χ0) is 14.6. The van der Waals surface area contributed by atoms with Crippen molar-refractivity contribution in [3.63, 3.8) is 0 Å². The summed E-state index contributed by atoms with van der Waals surface area (Å²) in [5, 5.41) is 0.268. The van der Waals surface area contributed by atoms with Crippen molar-refractivity contribution in [2.75, 3.05) is 18.9 Å². The van der Waals surface area contributed by atoms with Crippen molar-refractivity contribution >= 4 is 38.9 Å². The lowest BCUT2D eigenvalue weighted by Crippen LogP contribution is -2.36. The Labute approximate surface area is 123 Å². The molecule has 1 rings (SSSR count). The SMILES string of the molecule is CCOCC(C)NS(=O)(=O)c1c(N)cc(Cl)cc1Cl. The lowest BCUT2D eigenvalue weighted by Gasteiger charge is -2.16. The van der Waals surface area contributed by atoms with Gasteiger partial charge >= 0.3 is 0 Å². The summed E-state index contributed by atoms with van der Waals surface area (Å²) in [5.74, 6) is 0. The van der Waals surface area contributed by atoms with Gasteiger partial charge in [0, 0.05) is 17.7 Å². The van der Waals surface area contributed by atoms with Gasteiger partial charge in [0.25, 0.3) is 0 Å². The number of sulfonamides is 1. The van der Waals surface area contributed by atoms with Crippen molar-refractivity contribution in [2.45, 2.75) is 24.8 Å². The molecule has 19 heavy (non-hydrogen) atoms. The highest BCUT2D eigenvalue weighted by Crippen LogP contribution is 2.31. The number of nitrogen functional groups attached to an aromatic ring is 1. The number of nitrogens with one attached hydrogen (secondary N) is 1. The van der Waals surface area contributed by atoms with Crippen LogP contribution in [0.1, 0.15) is 13.8 Å². The highest BCUT2D eigenvalue weighted by molar-refractivity contribution is 7.89. The van der Waals surface area contributed by atoms with E-state index in [1.54, 1.807) is 6.92 Å². The van der Waals surface area contributed by atoms with Gasteiger partial charge in [0.15, 0.2) is 0 Å². The van der Waals surface area contributed by atoms with Gasteiger partial charge in [0.1, 0.15) is 4.90 Å². The van der Waals surface area contributed by atoms with Gasteiger partial charge in [-0.15, -0.1) is 0 Å². The summed E-state index contributed by atoms with van der Waals surface area (Å²) in [6.07, 6.45) is 0. The lowest BCUT2D eigenvalue weighted by atomic mass is 10.3. The number of hydrogen-bond acceptors (Lipinski definition) is 4. The van der Waals surface area contributed by atoms with E-state index < -0.39 is 16.1 Å². The first-order valence-electron chi connectivity index (χ1n) is 5.62. The Morgan fingerprint density at radius 2 is 2.05 bits per heavy atom. The monoisotopic (exact) mass is 326 g/mol. The molecule has 1 aromatic rings. The molecule has 0 aliphatic carbocycles.